The molecule has 0 aliphatic heterocycles. The van der Waals surface area contributed by atoms with E-state index in [0.29, 0.717) is 11.3 Å². The zero-order chi connectivity index (χ0) is 11.7. The molecule has 0 heterocycles. The molecule has 0 amide bonds. The molecule has 2 N–H and O–H groups in total. The van der Waals surface area contributed by atoms with Crippen molar-refractivity contribution in [2.24, 2.45) is 0 Å². The molecule has 0 atom stereocenters. The molecule has 0 fully saturated rings. The lowest BCUT2D eigenvalue weighted by atomic mass is 10.1. The minimum atomic E-state index is -0.385. The summed E-state index contributed by atoms with van der Waals surface area (Å²) in [4.78, 5) is 0. The molecule has 0 aromatic carbocycles. The first-order chi connectivity index (χ1) is 7.21. The van der Waals surface area contributed by atoms with Gasteiger partial charge in [-0.05, 0) is 12.2 Å². The maximum Gasteiger partial charge on any atom is 0.131 e. The molecular weight excluding hydrogens is 191 g/mol. The van der Waals surface area contributed by atoms with Crippen molar-refractivity contribution in [2.45, 2.75) is 0 Å². The molecule has 0 aromatic rings. The number of hydrogen-bond acceptors (Lipinski definition) is 2. The first-order valence-corrected chi connectivity index (χ1v) is 4.58. The zero-order valence-electron chi connectivity index (χ0n) is 9.18. The molecule has 0 unspecified atom stereocenters. The first-order valence-electron chi connectivity index (χ1n) is 4.58. The van der Waals surface area contributed by atoms with Gasteiger partial charge in [-0.15, -0.1) is 0 Å². The second-order valence-electron chi connectivity index (χ2n) is 2.66. The number of nitrogens with one attached hydrogen (secondary N) is 2. The Bertz CT molecular complexity index is 312. The SMILES string of the molecule is C=C\C=C/C(C(=C/NC)/NC)=C(/F)C=C. The van der Waals surface area contributed by atoms with Crippen LogP contribution in [0.1, 0.15) is 0 Å². The van der Waals surface area contributed by atoms with Crippen molar-refractivity contribution in [3.63, 3.8) is 0 Å². The summed E-state index contributed by atoms with van der Waals surface area (Å²) >= 11 is 0. The summed E-state index contributed by atoms with van der Waals surface area (Å²) in [5.74, 6) is -0.385. The van der Waals surface area contributed by atoms with Crippen molar-refractivity contribution >= 4 is 0 Å². The lowest BCUT2D eigenvalue weighted by molar-refractivity contribution is 0.657. The molecule has 0 spiro atoms. The Balaban J connectivity index is 5.26. The quantitative estimate of drug-likeness (QED) is 0.655. The van der Waals surface area contributed by atoms with Crippen LogP contribution in [0.5, 0.6) is 0 Å². The second kappa shape index (κ2) is 7.62. The summed E-state index contributed by atoms with van der Waals surface area (Å²) in [5.41, 5.74) is 1.08. The Hall–Kier alpha value is -1.77. The fraction of sp³-hybridized carbons (Fsp3) is 0.167. The van der Waals surface area contributed by atoms with Crippen molar-refractivity contribution in [3.05, 3.63) is 60.8 Å². The number of hydrogen-bond donors (Lipinski definition) is 2. The highest BCUT2D eigenvalue weighted by atomic mass is 19.1. The van der Waals surface area contributed by atoms with Gasteiger partial charge in [-0.25, -0.2) is 4.39 Å². The van der Waals surface area contributed by atoms with Gasteiger partial charge in [-0.2, -0.15) is 0 Å². The maximum absolute atomic E-state index is 13.4. The van der Waals surface area contributed by atoms with Crippen LogP contribution in [0.4, 0.5) is 4.39 Å². The summed E-state index contributed by atoms with van der Waals surface area (Å²) in [6.45, 7) is 6.93. The summed E-state index contributed by atoms with van der Waals surface area (Å²) in [6.07, 6.45) is 7.72. The van der Waals surface area contributed by atoms with Crippen molar-refractivity contribution in [3.8, 4) is 0 Å². The van der Waals surface area contributed by atoms with Gasteiger partial charge in [-0.3, -0.25) is 0 Å². The van der Waals surface area contributed by atoms with Gasteiger partial charge in [0.2, 0.25) is 0 Å². The Morgan fingerprint density at radius 3 is 2.33 bits per heavy atom. The van der Waals surface area contributed by atoms with Gasteiger partial charge in [0.15, 0.2) is 0 Å². The van der Waals surface area contributed by atoms with Gasteiger partial charge < -0.3 is 10.6 Å². The highest BCUT2D eigenvalue weighted by Crippen LogP contribution is 2.16. The van der Waals surface area contributed by atoms with Crippen LogP contribution in [-0.4, -0.2) is 14.1 Å². The van der Waals surface area contributed by atoms with Gasteiger partial charge >= 0.3 is 0 Å². The van der Waals surface area contributed by atoms with E-state index in [1.54, 1.807) is 38.5 Å². The van der Waals surface area contributed by atoms with E-state index in [0.717, 1.165) is 0 Å². The Morgan fingerprint density at radius 2 is 1.93 bits per heavy atom. The average molecular weight is 208 g/mol. The van der Waals surface area contributed by atoms with E-state index in [2.05, 4.69) is 23.8 Å². The summed E-state index contributed by atoms with van der Waals surface area (Å²) < 4.78 is 13.4. The predicted molar refractivity (Wildman–Crippen MR) is 63.9 cm³/mol. The fourth-order valence-corrected chi connectivity index (χ4v) is 1.00. The molecule has 0 saturated heterocycles. The van der Waals surface area contributed by atoms with Crippen molar-refractivity contribution in [1.29, 1.82) is 0 Å². The fourth-order valence-electron chi connectivity index (χ4n) is 1.00. The van der Waals surface area contributed by atoms with E-state index in [1.165, 1.54) is 6.08 Å². The number of likely N-dealkylation sites (N-methyl/N-ethyl adjacent to an activating group) is 1. The molecule has 0 radical (unpaired) electrons. The topological polar surface area (TPSA) is 24.1 Å². The molecule has 0 aliphatic rings. The number of halogens is 1. The van der Waals surface area contributed by atoms with Crippen LogP contribution in [0.25, 0.3) is 0 Å². The minimum absolute atomic E-state index is 0.385. The lowest BCUT2D eigenvalue weighted by Gasteiger charge is -2.08. The standard InChI is InChI=1S/C12H17FN2/c1-5-7-8-10(11(13)6-2)12(15-4)9-14-3/h5-9,14-15H,1-2H2,3-4H3/b8-7-,11-10-,12-9-. The summed E-state index contributed by atoms with van der Waals surface area (Å²) in [7, 11) is 3.47. The van der Waals surface area contributed by atoms with Crippen LogP contribution in [0, 0.1) is 0 Å². The Morgan fingerprint density at radius 1 is 1.27 bits per heavy atom. The monoisotopic (exact) mass is 208 g/mol. The summed E-state index contributed by atoms with van der Waals surface area (Å²) in [6, 6.07) is 0. The van der Waals surface area contributed by atoms with Crippen LogP contribution in [0.2, 0.25) is 0 Å². The van der Waals surface area contributed by atoms with Crippen LogP contribution < -0.4 is 10.6 Å². The molecule has 0 rings (SSSR count). The van der Waals surface area contributed by atoms with Crippen molar-refractivity contribution in [1.82, 2.24) is 10.6 Å². The molecule has 0 aromatic heterocycles. The Kier molecular flexibility index (Phi) is 6.72. The van der Waals surface area contributed by atoms with E-state index in [4.69, 9.17) is 0 Å². The van der Waals surface area contributed by atoms with Gasteiger partial charge in [0.1, 0.15) is 5.83 Å². The van der Waals surface area contributed by atoms with E-state index in [9.17, 15) is 4.39 Å². The molecule has 0 bridgehead atoms. The van der Waals surface area contributed by atoms with Crippen LogP contribution in [0.3, 0.4) is 0 Å². The third-order valence-corrected chi connectivity index (χ3v) is 1.68. The van der Waals surface area contributed by atoms with Gasteiger partial charge in [-0.1, -0.05) is 25.3 Å². The maximum atomic E-state index is 13.4. The molecule has 2 nitrogen and oxygen atoms in total. The first kappa shape index (κ1) is 13.2. The number of allylic oxidation sites excluding steroid dienone is 5. The van der Waals surface area contributed by atoms with E-state index < -0.39 is 0 Å². The highest BCUT2D eigenvalue weighted by molar-refractivity contribution is 5.43. The van der Waals surface area contributed by atoms with Gasteiger partial charge in [0.25, 0.3) is 0 Å². The number of rotatable bonds is 6. The van der Waals surface area contributed by atoms with Gasteiger partial charge in [0, 0.05) is 25.9 Å². The second-order valence-corrected chi connectivity index (χ2v) is 2.66. The average Bonchev–Trinajstić information content (AvgIpc) is 2.27. The molecular formula is C12H17FN2. The van der Waals surface area contributed by atoms with E-state index in [-0.39, 0.29) is 5.83 Å². The van der Waals surface area contributed by atoms with Gasteiger partial charge in [0.05, 0.1) is 5.70 Å². The lowest BCUT2D eigenvalue weighted by Crippen LogP contribution is -2.12. The van der Waals surface area contributed by atoms with Crippen LogP contribution >= 0.6 is 0 Å². The highest BCUT2D eigenvalue weighted by Gasteiger charge is 2.04. The molecule has 3 heteroatoms. The van der Waals surface area contributed by atoms with Crippen molar-refractivity contribution in [2.75, 3.05) is 14.1 Å². The van der Waals surface area contributed by atoms with E-state index in [1.807, 2.05) is 0 Å². The minimum Gasteiger partial charge on any atom is -0.392 e. The third kappa shape index (κ3) is 4.31. The predicted octanol–water partition coefficient (Wildman–Crippen LogP) is 2.42. The van der Waals surface area contributed by atoms with Crippen LogP contribution in [0.15, 0.2) is 60.8 Å². The molecule has 15 heavy (non-hydrogen) atoms. The van der Waals surface area contributed by atoms with E-state index >= 15 is 0 Å². The Labute approximate surface area is 90.6 Å². The zero-order valence-corrected chi connectivity index (χ0v) is 9.18. The largest absolute Gasteiger partial charge is 0.392 e. The molecule has 0 saturated carbocycles. The van der Waals surface area contributed by atoms with Crippen LogP contribution in [-0.2, 0) is 0 Å². The smallest absolute Gasteiger partial charge is 0.131 e. The van der Waals surface area contributed by atoms with Crippen molar-refractivity contribution < 1.29 is 4.39 Å². The third-order valence-electron chi connectivity index (χ3n) is 1.68. The molecule has 82 valence electrons. The normalized spacial score (nSPS) is 13.4. The molecule has 0 aliphatic carbocycles. The summed E-state index contributed by atoms with van der Waals surface area (Å²) in [5, 5.41) is 5.73.